The number of carbonyl (C=O) groups is 3. The summed E-state index contributed by atoms with van der Waals surface area (Å²) in [6.45, 7) is 1.51. The van der Waals surface area contributed by atoms with Crippen LogP contribution < -0.4 is 5.32 Å². The third-order valence-corrected chi connectivity index (χ3v) is 2.21. The van der Waals surface area contributed by atoms with Gasteiger partial charge in [0.15, 0.2) is 0 Å². The van der Waals surface area contributed by atoms with E-state index < -0.39 is 17.9 Å². The SMILES string of the molecule is CC(CN(C)C(=O)NCC(=O)N(C)C)C(=O)O. The van der Waals surface area contributed by atoms with Crippen molar-refractivity contribution in [3.8, 4) is 0 Å². The Morgan fingerprint density at radius 2 is 1.76 bits per heavy atom. The third kappa shape index (κ3) is 5.74. The number of aliphatic carboxylic acids is 1. The summed E-state index contributed by atoms with van der Waals surface area (Å²) in [6, 6.07) is -0.465. The van der Waals surface area contributed by atoms with Gasteiger partial charge in [0.1, 0.15) is 0 Å². The Balaban J connectivity index is 4.06. The molecule has 3 amide bonds. The fourth-order valence-corrected chi connectivity index (χ4v) is 1.02. The normalized spacial score (nSPS) is 11.5. The maximum Gasteiger partial charge on any atom is 0.317 e. The molecule has 17 heavy (non-hydrogen) atoms. The fraction of sp³-hybridized carbons (Fsp3) is 0.700. The van der Waals surface area contributed by atoms with E-state index in [1.807, 2.05) is 0 Å². The van der Waals surface area contributed by atoms with Crippen molar-refractivity contribution in [1.82, 2.24) is 15.1 Å². The Morgan fingerprint density at radius 3 is 2.18 bits per heavy atom. The van der Waals surface area contributed by atoms with Crippen LogP contribution in [-0.4, -0.2) is 67.0 Å². The number of likely N-dealkylation sites (N-methyl/N-ethyl adjacent to an activating group) is 1. The standard InChI is InChI=1S/C10H19N3O4/c1-7(9(15)16)6-13(4)10(17)11-5-8(14)12(2)3/h7H,5-6H2,1-4H3,(H,11,17)(H,15,16). The molecule has 0 aromatic rings. The van der Waals surface area contributed by atoms with E-state index in [0.29, 0.717) is 0 Å². The van der Waals surface area contributed by atoms with Crippen LogP contribution in [0.25, 0.3) is 0 Å². The Kier molecular flexibility index (Phi) is 6.01. The van der Waals surface area contributed by atoms with E-state index >= 15 is 0 Å². The van der Waals surface area contributed by atoms with Crippen LogP contribution >= 0.6 is 0 Å². The van der Waals surface area contributed by atoms with Crippen LogP contribution in [0.15, 0.2) is 0 Å². The zero-order valence-corrected chi connectivity index (χ0v) is 10.6. The minimum atomic E-state index is -0.964. The molecule has 0 fully saturated rings. The predicted octanol–water partition coefficient (Wildman–Crippen LogP) is -0.563. The van der Waals surface area contributed by atoms with Gasteiger partial charge in [-0.15, -0.1) is 0 Å². The molecular formula is C10H19N3O4. The zero-order valence-electron chi connectivity index (χ0n) is 10.6. The minimum absolute atomic E-state index is 0.0946. The van der Waals surface area contributed by atoms with E-state index in [1.54, 1.807) is 14.1 Å². The van der Waals surface area contributed by atoms with Gasteiger partial charge in [-0.2, -0.15) is 0 Å². The molecule has 0 bridgehead atoms. The lowest BCUT2D eigenvalue weighted by atomic mass is 10.2. The molecule has 98 valence electrons. The van der Waals surface area contributed by atoms with Gasteiger partial charge in [-0.3, -0.25) is 9.59 Å². The molecule has 7 nitrogen and oxygen atoms in total. The van der Waals surface area contributed by atoms with Gasteiger partial charge in [0.2, 0.25) is 5.91 Å². The summed E-state index contributed by atoms with van der Waals surface area (Å²) in [5.41, 5.74) is 0. The summed E-state index contributed by atoms with van der Waals surface area (Å²) in [6.07, 6.45) is 0. The Hall–Kier alpha value is -1.79. The molecule has 0 rings (SSSR count). The molecule has 0 radical (unpaired) electrons. The quantitative estimate of drug-likeness (QED) is 0.679. The number of hydrogen-bond acceptors (Lipinski definition) is 3. The van der Waals surface area contributed by atoms with Gasteiger partial charge in [0.05, 0.1) is 12.5 Å². The van der Waals surface area contributed by atoms with Crippen LogP contribution in [0.4, 0.5) is 4.79 Å². The maximum absolute atomic E-state index is 11.5. The molecular weight excluding hydrogens is 226 g/mol. The molecule has 0 aliphatic heterocycles. The molecule has 0 aromatic heterocycles. The molecule has 0 aliphatic carbocycles. The highest BCUT2D eigenvalue weighted by molar-refractivity contribution is 5.83. The van der Waals surface area contributed by atoms with E-state index in [9.17, 15) is 14.4 Å². The lowest BCUT2D eigenvalue weighted by Crippen LogP contribution is -2.44. The van der Waals surface area contributed by atoms with Crippen molar-refractivity contribution in [1.29, 1.82) is 0 Å². The topological polar surface area (TPSA) is 90.0 Å². The van der Waals surface area contributed by atoms with Crippen molar-refractivity contribution in [2.24, 2.45) is 5.92 Å². The first-order chi connectivity index (χ1) is 7.75. The van der Waals surface area contributed by atoms with Crippen LogP contribution in [0.1, 0.15) is 6.92 Å². The van der Waals surface area contributed by atoms with Crippen LogP contribution in [-0.2, 0) is 9.59 Å². The van der Waals surface area contributed by atoms with Crippen molar-refractivity contribution >= 4 is 17.9 Å². The number of carbonyl (C=O) groups excluding carboxylic acids is 2. The molecule has 0 aliphatic rings. The summed E-state index contributed by atoms with van der Waals surface area (Å²) >= 11 is 0. The number of urea groups is 1. The molecule has 2 N–H and O–H groups in total. The highest BCUT2D eigenvalue weighted by Gasteiger charge is 2.17. The molecule has 0 aromatic carbocycles. The fourth-order valence-electron chi connectivity index (χ4n) is 1.02. The van der Waals surface area contributed by atoms with Gasteiger partial charge in [-0.25, -0.2) is 4.79 Å². The van der Waals surface area contributed by atoms with Crippen LogP contribution in [0.3, 0.4) is 0 Å². The monoisotopic (exact) mass is 245 g/mol. The van der Waals surface area contributed by atoms with Crippen molar-refractivity contribution in [3.63, 3.8) is 0 Å². The second-order valence-electron chi connectivity index (χ2n) is 4.07. The molecule has 0 saturated heterocycles. The largest absolute Gasteiger partial charge is 0.481 e. The van der Waals surface area contributed by atoms with Crippen LogP contribution in [0.2, 0.25) is 0 Å². The van der Waals surface area contributed by atoms with Gasteiger partial charge < -0.3 is 20.2 Å². The number of nitrogens with zero attached hydrogens (tertiary/aromatic N) is 2. The highest BCUT2D eigenvalue weighted by atomic mass is 16.4. The lowest BCUT2D eigenvalue weighted by molar-refractivity contribution is -0.141. The number of carboxylic acid groups (broad SMARTS) is 1. The maximum atomic E-state index is 11.5. The van der Waals surface area contributed by atoms with Crippen LogP contribution in [0, 0.1) is 5.92 Å². The first kappa shape index (κ1) is 15.2. The van der Waals surface area contributed by atoms with Gasteiger partial charge in [-0.05, 0) is 0 Å². The summed E-state index contributed by atoms with van der Waals surface area (Å²) in [4.78, 5) is 35.9. The summed E-state index contributed by atoms with van der Waals surface area (Å²) < 4.78 is 0. The van der Waals surface area contributed by atoms with Crippen molar-refractivity contribution in [2.45, 2.75) is 6.92 Å². The number of hydrogen-bond donors (Lipinski definition) is 2. The minimum Gasteiger partial charge on any atom is -0.481 e. The average Bonchev–Trinajstić information content (AvgIpc) is 2.24. The van der Waals surface area contributed by atoms with E-state index in [4.69, 9.17) is 5.11 Å². The number of amides is 3. The van der Waals surface area contributed by atoms with E-state index in [0.717, 1.165) is 0 Å². The van der Waals surface area contributed by atoms with Gasteiger partial charge in [0, 0.05) is 27.7 Å². The van der Waals surface area contributed by atoms with E-state index in [1.165, 1.54) is 23.8 Å². The average molecular weight is 245 g/mol. The number of rotatable bonds is 5. The predicted molar refractivity (Wildman–Crippen MR) is 61.5 cm³/mol. The first-order valence-corrected chi connectivity index (χ1v) is 5.17. The van der Waals surface area contributed by atoms with Crippen molar-refractivity contribution < 1.29 is 19.5 Å². The number of carboxylic acids is 1. The van der Waals surface area contributed by atoms with Gasteiger partial charge in [0.25, 0.3) is 0 Å². The summed E-state index contributed by atoms with van der Waals surface area (Å²) in [5.74, 6) is -1.83. The van der Waals surface area contributed by atoms with E-state index in [2.05, 4.69) is 5.32 Å². The highest BCUT2D eigenvalue weighted by Crippen LogP contribution is 1.98. The van der Waals surface area contributed by atoms with Gasteiger partial charge >= 0.3 is 12.0 Å². The molecule has 1 unspecified atom stereocenters. The van der Waals surface area contributed by atoms with Crippen molar-refractivity contribution in [2.75, 3.05) is 34.2 Å². The molecule has 0 saturated carbocycles. The number of nitrogens with one attached hydrogen (secondary N) is 1. The first-order valence-electron chi connectivity index (χ1n) is 5.17. The summed E-state index contributed by atoms with van der Waals surface area (Å²) in [7, 11) is 4.66. The second kappa shape index (κ2) is 6.72. The second-order valence-corrected chi connectivity index (χ2v) is 4.07. The Labute approximate surface area is 100 Å². The third-order valence-electron chi connectivity index (χ3n) is 2.21. The summed E-state index contributed by atoms with van der Waals surface area (Å²) in [5, 5.41) is 11.1. The van der Waals surface area contributed by atoms with E-state index in [-0.39, 0.29) is 19.0 Å². The Bertz CT molecular complexity index is 304. The zero-order chi connectivity index (χ0) is 13.6. The lowest BCUT2D eigenvalue weighted by Gasteiger charge is -2.20. The molecule has 7 heteroatoms. The molecule has 1 atom stereocenters. The smallest absolute Gasteiger partial charge is 0.317 e. The van der Waals surface area contributed by atoms with Crippen LogP contribution in [0.5, 0.6) is 0 Å². The van der Waals surface area contributed by atoms with Crippen molar-refractivity contribution in [3.05, 3.63) is 0 Å². The van der Waals surface area contributed by atoms with Gasteiger partial charge in [-0.1, -0.05) is 6.92 Å². The molecule has 0 heterocycles. The molecule has 0 spiro atoms. The Morgan fingerprint density at radius 1 is 1.24 bits per heavy atom.